The van der Waals surface area contributed by atoms with Crippen molar-refractivity contribution in [2.45, 2.75) is 25.9 Å². The average molecular weight is 278 g/mol. The Morgan fingerprint density at radius 3 is 2.63 bits per heavy atom. The van der Waals surface area contributed by atoms with E-state index in [2.05, 4.69) is 40.7 Å². The van der Waals surface area contributed by atoms with Gasteiger partial charge in [0.15, 0.2) is 0 Å². The highest BCUT2D eigenvalue weighted by Gasteiger charge is 2.09. The van der Waals surface area contributed by atoms with Crippen molar-refractivity contribution in [1.82, 2.24) is 15.1 Å². The Morgan fingerprint density at radius 2 is 2.05 bits per heavy atom. The number of rotatable bonds is 6. The summed E-state index contributed by atoms with van der Waals surface area (Å²) in [7, 11) is 1.97. The van der Waals surface area contributed by atoms with E-state index in [0.717, 1.165) is 18.7 Å². The molecule has 0 aliphatic rings. The Labute approximate surface area is 119 Å². The minimum atomic E-state index is 0.277. The average Bonchev–Trinajstić information content (AvgIpc) is 2.74. The van der Waals surface area contributed by atoms with Crippen molar-refractivity contribution in [2.75, 3.05) is 5.88 Å². The summed E-state index contributed by atoms with van der Waals surface area (Å²) in [6.07, 6.45) is 0.946. The molecule has 0 aliphatic carbocycles. The van der Waals surface area contributed by atoms with Crippen LogP contribution in [-0.2, 0) is 20.0 Å². The van der Waals surface area contributed by atoms with Gasteiger partial charge in [-0.3, -0.25) is 4.68 Å². The number of hydrogen-bond donors (Lipinski definition) is 1. The number of benzene rings is 1. The third-order valence-corrected chi connectivity index (χ3v) is 3.55. The lowest BCUT2D eigenvalue weighted by atomic mass is 10.1. The maximum absolute atomic E-state index is 6.04. The van der Waals surface area contributed by atoms with Crippen LogP contribution in [0.15, 0.2) is 36.4 Å². The number of aryl methyl sites for hydroxylation is 2. The first-order valence-electron chi connectivity index (χ1n) is 6.52. The quantitative estimate of drug-likeness (QED) is 0.823. The second kappa shape index (κ2) is 6.73. The highest BCUT2D eigenvalue weighted by atomic mass is 35.5. The summed E-state index contributed by atoms with van der Waals surface area (Å²) in [5.41, 5.74) is 3.53. The highest BCUT2D eigenvalue weighted by molar-refractivity contribution is 6.18. The zero-order valence-corrected chi connectivity index (χ0v) is 12.2. The summed E-state index contributed by atoms with van der Waals surface area (Å²) in [5.74, 6) is 0.603. The number of nitrogens with one attached hydrogen (secondary N) is 1. The van der Waals surface area contributed by atoms with Gasteiger partial charge in [0, 0.05) is 25.5 Å². The van der Waals surface area contributed by atoms with Crippen molar-refractivity contribution in [3.05, 3.63) is 53.3 Å². The molecule has 19 heavy (non-hydrogen) atoms. The molecule has 0 radical (unpaired) electrons. The summed E-state index contributed by atoms with van der Waals surface area (Å²) < 4.78 is 1.91. The van der Waals surface area contributed by atoms with Crippen LogP contribution in [0.2, 0.25) is 0 Å². The predicted molar refractivity (Wildman–Crippen MR) is 79.4 cm³/mol. The molecule has 102 valence electrons. The third-order valence-electron chi connectivity index (χ3n) is 3.18. The Morgan fingerprint density at radius 1 is 1.32 bits per heavy atom. The van der Waals surface area contributed by atoms with Crippen molar-refractivity contribution < 1.29 is 0 Å². The van der Waals surface area contributed by atoms with E-state index < -0.39 is 0 Å². The van der Waals surface area contributed by atoms with Gasteiger partial charge in [-0.2, -0.15) is 5.10 Å². The number of aromatic nitrogens is 2. The fourth-order valence-corrected chi connectivity index (χ4v) is 2.38. The van der Waals surface area contributed by atoms with Crippen molar-refractivity contribution in [2.24, 2.45) is 7.05 Å². The molecule has 2 rings (SSSR count). The lowest BCUT2D eigenvalue weighted by Gasteiger charge is -2.16. The fraction of sp³-hybridized carbons (Fsp3) is 0.400. The van der Waals surface area contributed by atoms with Crippen molar-refractivity contribution in [3.63, 3.8) is 0 Å². The minimum Gasteiger partial charge on any atom is -0.307 e. The lowest BCUT2D eigenvalue weighted by molar-refractivity contribution is 0.529. The molecule has 0 saturated heterocycles. The van der Waals surface area contributed by atoms with Gasteiger partial charge in [-0.25, -0.2) is 0 Å². The van der Waals surface area contributed by atoms with E-state index in [1.54, 1.807) is 0 Å². The zero-order valence-electron chi connectivity index (χ0n) is 11.4. The second-order valence-electron chi connectivity index (χ2n) is 4.82. The third kappa shape index (κ3) is 4.08. The molecule has 1 heterocycles. The molecule has 1 N–H and O–H groups in total. The first-order valence-corrected chi connectivity index (χ1v) is 7.05. The Hall–Kier alpha value is -1.32. The van der Waals surface area contributed by atoms with Crippen molar-refractivity contribution in [1.29, 1.82) is 0 Å². The van der Waals surface area contributed by atoms with E-state index >= 15 is 0 Å². The SMILES string of the molecule is Cc1cc(CNC(CCl)Cc2ccccc2)n(C)n1. The maximum Gasteiger partial charge on any atom is 0.0597 e. The first-order chi connectivity index (χ1) is 9.19. The van der Waals surface area contributed by atoms with Gasteiger partial charge >= 0.3 is 0 Å². The number of halogens is 1. The number of hydrogen-bond acceptors (Lipinski definition) is 2. The predicted octanol–water partition coefficient (Wildman–Crippen LogP) is 2.67. The molecule has 0 fully saturated rings. The van der Waals surface area contributed by atoms with E-state index in [1.807, 2.05) is 24.7 Å². The van der Waals surface area contributed by atoms with Crippen LogP contribution >= 0.6 is 11.6 Å². The summed E-state index contributed by atoms with van der Waals surface area (Å²) in [5, 5.41) is 7.84. The van der Waals surface area contributed by atoms with Gasteiger partial charge in [-0.15, -0.1) is 11.6 Å². The van der Waals surface area contributed by atoms with Crippen molar-refractivity contribution >= 4 is 11.6 Å². The van der Waals surface area contributed by atoms with E-state index in [-0.39, 0.29) is 6.04 Å². The summed E-state index contributed by atoms with van der Waals surface area (Å²) in [4.78, 5) is 0. The van der Waals surface area contributed by atoms with Crippen LogP contribution in [0, 0.1) is 6.92 Å². The number of nitrogens with zero attached hydrogens (tertiary/aromatic N) is 2. The molecule has 1 aromatic carbocycles. The highest BCUT2D eigenvalue weighted by Crippen LogP contribution is 2.07. The zero-order chi connectivity index (χ0) is 13.7. The topological polar surface area (TPSA) is 29.9 Å². The summed E-state index contributed by atoms with van der Waals surface area (Å²) in [6, 6.07) is 12.8. The fourth-order valence-electron chi connectivity index (χ4n) is 2.16. The standard InChI is InChI=1S/C15H20ClN3/c1-12-8-15(19(2)18-12)11-17-14(10-16)9-13-6-4-3-5-7-13/h3-8,14,17H,9-11H2,1-2H3. The molecule has 0 spiro atoms. The van der Waals surface area contributed by atoms with Crippen LogP contribution < -0.4 is 5.32 Å². The van der Waals surface area contributed by atoms with E-state index in [9.17, 15) is 0 Å². The van der Waals surface area contributed by atoms with Crippen molar-refractivity contribution in [3.8, 4) is 0 Å². The van der Waals surface area contributed by atoms with Gasteiger partial charge in [0.25, 0.3) is 0 Å². The molecule has 1 unspecified atom stereocenters. The van der Waals surface area contributed by atoms with Gasteiger partial charge in [0.2, 0.25) is 0 Å². The van der Waals surface area contributed by atoms with E-state index in [4.69, 9.17) is 11.6 Å². The van der Waals surface area contributed by atoms with E-state index in [0.29, 0.717) is 5.88 Å². The van der Waals surface area contributed by atoms with Crippen LogP contribution in [-0.4, -0.2) is 21.7 Å². The Bertz CT molecular complexity index is 507. The maximum atomic E-state index is 6.04. The van der Waals surface area contributed by atoms with Gasteiger partial charge in [0.05, 0.1) is 11.4 Å². The molecular weight excluding hydrogens is 258 g/mol. The van der Waals surface area contributed by atoms with Crippen LogP contribution in [0.1, 0.15) is 17.0 Å². The van der Waals surface area contributed by atoms with Gasteiger partial charge < -0.3 is 5.32 Å². The molecule has 0 aliphatic heterocycles. The molecule has 2 aromatic rings. The molecule has 1 aromatic heterocycles. The van der Waals surface area contributed by atoms with Crippen LogP contribution in [0.3, 0.4) is 0 Å². The second-order valence-corrected chi connectivity index (χ2v) is 5.13. The summed E-state index contributed by atoms with van der Waals surface area (Å²) >= 11 is 6.04. The summed E-state index contributed by atoms with van der Waals surface area (Å²) in [6.45, 7) is 2.80. The Kier molecular flexibility index (Phi) is 5.00. The monoisotopic (exact) mass is 277 g/mol. The minimum absolute atomic E-state index is 0.277. The van der Waals surface area contributed by atoms with Gasteiger partial charge in [0.1, 0.15) is 0 Å². The largest absolute Gasteiger partial charge is 0.307 e. The number of alkyl halides is 1. The molecule has 0 amide bonds. The molecule has 4 heteroatoms. The molecule has 0 saturated carbocycles. The van der Waals surface area contributed by atoms with Gasteiger partial charge in [-0.1, -0.05) is 30.3 Å². The normalized spacial score (nSPS) is 12.6. The molecular formula is C15H20ClN3. The van der Waals surface area contributed by atoms with E-state index in [1.165, 1.54) is 11.3 Å². The smallest absolute Gasteiger partial charge is 0.0597 e. The van der Waals surface area contributed by atoms with Crippen LogP contribution in [0.4, 0.5) is 0 Å². The molecule has 1 atom stereocenters. The molecule has 0 bridgehead atoms. The van der Waals surface area contributed by atoms with Crippen LogP contribution in [0.25, 0.3) is 0 Å². The van der Waals surface area contributed by atoms with Gasteiger partial charge in [-0.05, 0) is 25.0 Å². The van der Waals surface area contributed by atoms with Crippen LogP contribution in [0.5, 0.6) is 0 Å². The molecule has 3 nitrogen and oxygen atoms in total. The lowest BCUT2D eigenvalue weighted by Crippen LogP contribution is -2.32. The Balaban J connectivity index is 1.91. The first kappa shape index (κ1) is 14.1.